The molecule has 1 aliphatic rings. The topological polar surface area (TPSA) is 49.0 Å². The first-order chi connectivity index (χ1) is 11.7. The highest BCUT2D eigenvalue weighted by Gasteiger charge is 2.31. The minimum Gasteiger partial charge on any atom is -0.340 e. The molecule has 0 aliphatic carbocycles. The SMILES string of the molecule is C=CCSCC(=O)N1CCC[C@H]1c1ncc(-c2ccccc2F)[nH]1. The highest BCUT2D eigenvalue weighted by atomic mass is 32.2. The van der Waals surface area contributed by atoms with Crippen molar-refractivity contribution in [3.63, 3.8) is 0 Å². The van der Waals surface area contributed by atoms with Gasteiger partial charge in [-0.2, -0.15) is 0 Å². The van der Waals surface area contributed by atoms with Crippen molar-refractivity contribution in [3.05, 3.63) is 54.8 Å². The fourth-order valence-electron chi connectivity index (χ4n) is 2.98. The van der Waals surface area contributed by atoms with Crippen LogP contribution in [-0.4, -0.2) is 38.8 Å². The Morgan fingerprint density at radius 3 is 3.12 bits per heavy atom. The van der Waals surface area contributed by atoms with Crippen LogP contribution in [0.5, 0.6) is 0 Å². The number of carbonyl (C=O) groups excluding carboxylic acids is 1. The van der Waals surface area contributed by atoms with Crippen molar-refractivity contribution in [1.29, 1.82) is 0 Å². The number of halogens is 1. The van der Waals surface area contributed by atoms with Crippen LogP contribution in [0.1, 0.15) is 24.7 Å². The van der Waals surface area contributed by atoms with E-state index in [0.717, 1.165) is 31.0 Å². The van der Waals surface area contributed by atoms with Gasteiger partial charge in [0.15, 0.2) is 0 Å². The maximum atomic E-state index is 13.9. The molecular formula is C18H20FN3OS. The van der Waals surface area contributed by atoms with Gasteiger partial charge in [-0.1, -0.05) is 18.2 Å². The van der Waals surface area contributed by atoms with E-state index in [9.17, 15) is 9.18 Å². The minimum atomic E-state index is -0.284. The van der Waals surface area contributed by atoms with Crippen LogP contribution in [0.15, 0.2) is 43.1 Å². The van der Waals surface area contributed by atoms with Gasteiger partial charge in [0.1, 0.15) is 11.6 Å². The Morgan fingerprint density at radius 1 is 1.50 bits per heavy atom. The smallest absolute Gasteiger partial charge is 0.233 e. The molecule has 126 valence electrons. The summed E-state index contributed by atoms with van der Waals surface area (Å²) in [6.45, 7) is 4.41. The molecule has 0 spiro atoms. The number of likely N-dealkylation sites (tertiary alicyclic amines) is 1. The van der Waals surface area contributed by atoms with Gasteiger partial charge in [0.05, 0.1) is 23.7 Å². The molecule has 2 heterocycles. The first-order valence-electron chi connectivity index (χ1n) is 7.98. The van der Waals surface area contributed by atoms with Gasteiger partial charge in [-0.05, 0) is 25.0 Å². The monoisotopic (exact) mass is 345 g/mol. The zero-order valence-electron chi connectivity index (χ0n) is 13.4. The minimum absolute atomic E-state index is 0.0534. The Morgan fingerprint density at radius 2 is 2.33 bits per heavy atom. The lowest BCUT2D eigenvalue weighted by molar-refractivity contribution is -0.129. The Kier molecular flexibility index (Phi) is 5.35. The zero-order chi connectivity index (χ0) is 16.9. The Balaban J connectivity index is 1.75. The molecule has 1 N–H and O–H groups in total. The van der Waals surface area contributed by atoms with E-state index in [-0.39, 0.29) is 17.8 Å². The van der Waals surface area contributed by atoms with E-state index in [1.165, 1.54) is 6.07 Å². The molecule has 1 fully saturated rings. The molecule has 1 aliphatic heterocycles. The van der Waals surface area contributed by atoms with Crippen molar-refractivity contribution in [2.24, 2.45) is 0 Å². The van der Waals surface area contributed by atoms with Crippen LogP contribution in [0.2, 0.25) is 0 Å². The molecule has 3 rings (SSSR count). The molecule has 1 aromatic heterocycles. The average Bonchev–Trinajstić information content (AvgIpc) is 3.24. The molecule has 0 radical (unpaired) electrons. The number of rotatable bonds is 6. The number of nitrogens with zero attached hydrogens (tertiary/aromatic N) is 2. The van der Waals surface area contributed by atoms with Crippen LogP contribution in [0.3, 0.4) is 0 Å². The van der Waals surface area contributed by atoms with Crippen molar-refractivity contribution in [2.45, 2.75) is 18.9 Å². The van der Waals surface area contributed by atoms with Crippen LogP contribution in [-0.2, 0) is 4.79 Å². The van der Waals surface area contributed by atoms with E-state index in [1.807, 2.05) is 4.90 Å². The van der Waals surface area contributed by atoms with Crippen molar-refractivity contribution in [2.75, 3.05) is 18.1 Å². The molecule has 0 unspecified atom stereocenters. The number of H-pyrrole nitrogens is 1. The number of nitrogens with one attached hydrogen (secondary N) is 1. The van der Waals surface area contributed by atoms with Crippen molar-refractivity contribution in [1.82, 2.24) is 14.9 Å². The summed E-state index contributed by atoms with van der Waals surface area (Å²) in [6, 6.07) is 6.55. The third-order valence-electron chi connectivity index (χ3n) is 4.11. The molecule has 6 heteroatoms. The van der Waals surface area contributed by atoms with Crippen molar-refractivity contribution >= 4 is 17.7 Å². The van der Waals surface area contributed by atoms with Crippen LogP contribution < -0.4 is 0 Å². The lowest BCUT2D eigenvalue weighted by Gasteiger charge is -2.23. The first-order valence-corrected chi connectivity index (χ1v) is 9.14. The molecular weight excluding hydrogens is 325 g/mol. The van der Waals surface area contributed by atoms with Gasteiger partial charge in [0.2, 0.25) is 5.91 Å². The number of benzene rings is 1. The first kappa shape index (κ1) is 16.8. The van der Waals surface area contributed by atoms with E-state index in [1.54, 1.807) is 42.2 Å². The lowest BCUT2D eigenvalue weighted by Crippen LogP contribution is -2.32. The summed E-state index contributed by atoms with van der Waals surface area (Å²) in [4.78, 5) is 21.9. The average molecular weight is 345 g/mol. The molecule has 24 heavy (non-hydrogen) atoms. The van der Waals surface area contributed by atoms with Crippen molar-refractivity contribution in [3.8, 4) is 11.3 Å². The molecule has 1 atom stereocenters. The van der Waals surface area contributed by atoms with Crippen LogP contribution in [0.25, 0.3) is 11.3 Å². The van der Waals surface area contributed by atoms with Crippen LogP contribution in [0, 0.1) is 5.82 Å². The zero-order valence-corrected chi connectivity index (χ0v) is 14.2. The maximum Gasteiger partial charge on any atom is 0.233 e. The number of amides is 1. The Bertz CT molecular complexity index is 731. The third-order valence-corrected chi connectivity index (χ3v) is 5.03. The predicted octanol–water partition coefficient (Wildman–Crippen LogP) is 3.80. The lowest BCUT2D eigenvalue weighted by atomic mass is 10.1. The number of hydrogen-bond acceptors (Lipinski definition) is 3. The quantitative estimate of drug-likeness (QED) is 0.640. The molecule has 4 nitrogen and oxygen atoms in total. The van der Waals surface area contributed by atoms with Gasteiger partial charge in [0, 0.05) is 17.9 Å². The number of carbonyl (C=O) groups is 1. The standard InChI is InChI=1S/C18H20FN3OS/c1-2-10-24-12-17(23)22-9-5-8-16(22)18-20-11-15(21-18)13-6-3-4-7-14(13)19/h2-4,6-7,11,16H,1,5,8-10,12H2,(H,20,21)/t16-/m0/s1. The van der Waals surface area contributed by atoms with Gasteiger partial charge in [-0.3, -0.25) is 4.79 Å². The molecule has 0 bridgehead atoms. The fraction of sp³-hybridized carbons (Fsp3) is 0.333. The molecule has 1 saturated heterocycles. The van der Waals surface area contributed by atoms with Crippen LogP contribution >= 0.6 is 11.8 Å². The summed E-state index contributed by atoms with van der Waals surface area (Å²) in [5.41, 5.74) is 1.14. The van der Waals surface area contributed by atoms with Gasteiger partial charge in [0.25, 0.3) is 0 Å². The molecule has 1 aromatic carbocycles. The third kappa shape index (κ3) is 3.53. The Hall–Kier alpha value is -2.08. The normalized spacial score (nSPS) is 17.2. The highest BCUT2D eigenvalue weighted by molar-refractivity contribution is 8.00. The molecule has 1 amide bonds. The van der Waals surface area contributed by atoms with Gasteiger partial charge in [-0.15, -0.1) is 18.3 Å². The summed E-state index contributed by atoms with van der Waals surface area (Å²) in [5.74, 6) is 1.78. The second-order valence-electron chi connectivity index (χ2n) is 5.71. The largest absolute Gasteiger partial charge is 0.340 e. The van der Waals surface area contributed by atoms with E-state index in [0.29, 0.717) is 17.0 Å². The number of thioether (sulfide) groups is 1. The second kappa shape index (κ2) is 7.66. The molecule has 2 aromatic rings. The highest BCUT2D eigenvalue weighted by Crippen LogP contribution is 2.32. The van der Waals surface area contributed by atoms with Crippen LogP contribution in [0.4, 0.5) is 4.39 Å². The summed E-state index contributed by atoms with van der Waals surface area (Å²) >= 11 is 1.56. The van der Waals surface area contributed by atoms with Gasteiger partial charge < -0.3 is 9.88 Å². The maximum absolute atomic E-state index is 13.9. The number of imidazole rings is 1. The van der Waals surface area contributed by atoms with Gasteiger partial charge in [-0.25, -0.2) is 9.37 Å². The van der Waals surface area contributed by atoms with E-state index in [2.05, 4.69) is 16.5 Å². The summed E-state index contributed by atoms with van der Waals surface area (Å²) in [6.07, 6.45) is 5.27. The van der Waals surface area contributed by atoms with E-state index >= 15 is 0 Å². The number of aromatic amines is 1. The van der Waals surface area contributed by atoms with Crippen molar-refractivity contribution < 1.29 is 9.18 Å². The summed E-state index contributed by atoms with van der Waals surface area (Å²) in [7, 11) is 0. The van der Waals surface area contributed by atoms with E-state index in [4.69, 9.17) is 0 Å². The second-order valence-corrected chi connectivity index (χ2v) is 6.74. The number of aromatic nitrogens is 2. The predicted molar refractivity (Wildman–Crippen MR) is 95.2 cm³/mol. The summed E-state index contributed by atoms with van der Waals surface area (Å²) < 4.78 is 13.9. The Labute approximate surface area is 145 Å². The molecule has 0 saturated carbocycles. The summed E-state index contributed by atoms with van der Waals surface area (Å²) in [5, 5.41) is 0. The van der Waals surface area contributed by atoms with E-state index < -0.39 is 0 Å². The number of hydrogen-bond donors (Lipinski definition) is 1. The fourth-order valence-corrected chi connectivity index (χ4v) is 3.61. The van der Waals surface area contributed by atoms with Gasteiger partial charge >= 0.3 is 0 Å².